The van der Waals surface area contributed by atoms with Crippen LogP contribution >= 0.6 is 15.9 Å². The maximum atomic E-state index is 12.1. The summed E-state index contributed by atoms with van der Waals surface area (Å²) in [5.74, 6) is 0.0693. The zero-order chi connectivity index (χ0) is 13.8. The van der Waals surface area contributed by atoms with Crippen molar-refractivity contribution in [3.8, 4) is 0 Å². The van der Waals surface area contributed by atoms with E-state index in [1.54, 1.807) is 0 Å². The van der Waals surface area contributed by atoms with Gasteiger partial charge in [0.15, 0.2) is 0 Å². The molecule has 0 heterocycles. The lowest BCUT2D eigenvalue weighted by Crippen LogP contribution is -2.36. The third-order valence-electron chi connectivity index (χ3n) is 3.80. The fourth-order valence-corrected chi connectivity index (χ4v) is 3.13. The van der Waals surface area contributed by atoms with Gasteiger partial charge in [0.2, 0.25) is 5.91 Å². The summed E-state index contributed by atoms with van der Waals surface area (Å²) in [6.07, 6.45) is 5.03. The van der Waals surface area contributed by atoms with Crippen molar-refractivity contribution < 1.29 is 4.79 Å². The molecule has 0 radical (unpaired) electrons. The van der Waals surface area contributed by atoms with Gasteiger partial charge in [-0.2, -0.15) is 0 Å². The van der Waals surface area contributed by atoms with E-state index in [-0.39, 0.29) is 5.91 Å². The molecule has 1 aromatic carbocycles. The Hall–Kier alpha value is -0.870. The normalized spacial score (nSPS) is 16.0. The van der Waals surface area contributed by atoms with E-state index < -0.39 is 0 Å². The highest BCUT2D eigenvalue weighted by atomic mass is 79.9. The fraction of sp³-hybridized carbons (Fsp3) is 0.533. The van der Waals surface area contributed by atoms with Crippen LogP contribution in [0.25, 0.3) is 0 Å². The molecule has 104 valence electrons. The quantitative estimate of drug-likeness (QED) is 0.918. The molecule has 0 saturated heterocycles. The van der Waals surface area contributed by atoms with Gasteiger partial charge in [0.25, 0.3) is 0 Å². The number of anilines is 1. The van der Waals surface area contributed by atoms with E-state index in [9.17, 15) is 4.79 Å². The summed E-state index contributed by atoms with van der Waals surface area (Å²) in [6.45, 7) is 2.47. The monoisotopic (exact) mass is 324 g/mol. The molecule has 2 rings (SSSR count). The van der Waals surface area contributed by atoms with Crippen LogP contribution < -0.4 is 5.32 Å². The van der Waals surface area contributed by atoms with Crippen molar-refractivity contribution >= 4 is 27.5 Å². The standard InChI is InChI=1S/C15H21BrN2O/c1-11-9-12(16)7-8-14(11)17-15(19)10-18(2)13-5-3-4-6-13/h7-9,13H,3-6,10H2,1-2H3,(H,17,19). The zero-order valence-electron chi connectivity index (χ0n) is 11.6. The number of rotatable bonds is 4. The molecule has 1 aliphatic rings. The highest BCUT2D eigenvalue weighted by Gasteiger charge is 2.21. The van der Waals surface area contributed by atoms with E-state index in [0.29, 0.717) is 12.6 Å². The predicted octanol–water partition coefficient (Wildman–Crippen LogP) is 3.57. The summed E-state index contributed by atoms with van der Waals surface area (Å²) in [6, 6.07) is 6.48. The largest absolute Gasteiger partial charge is 0.325 e. The van der Waals surface area contributed by atoms with E-state index in [1.165, 1.54) is 25.7 Å². The van der Waals surface area contributed by atoms with Crippen LogP contribution in [-0.4, -0.2) is 30.4 Å². The van der Waals surface area contributed by atoms with Crippen molar-refractivity contribution in [2.75, 3.05) is 18.9 Å². The zero-order valence-corrected chi connectivity index (χ0v) is 13.2. The first-order chi connectivity index (χ1) is 9.06. The van der Waals surface area contributed by atoms with E-state index in [2.05, 4.69) is 26.1 Å². The van der Waals surface area contributed by atoms with Gasteiger partial charge in [-0.1, -0.05) is 28.8 Å². The van der Waals surface area contributed by atoms with Crippen LogP contribution in [-0.2, 0) is 4.79 Å². The van der Waals surface area contributed by atoms with Gasteiger partial charge in [0.1, 0.15) is 0 Å². The van der Waals surface area contributed by atoms with Crippen LogP contribution in [0.15, 0.2) is 22.7 Å². The molecule has 4 heteroatoms. The van der Waals surface area contributed by atoms with E-state index in [0.717, 1.165) is 15.7 Å². The highest BCUT2D eigenvalue weighted by Crippen LogP contribution is 2.23. The molecule has 3 nitrogen and oxygen atoms in total. The van der Waals surface area contributed by atoms with Crippen LogP contribution in [0.3, 0.4) is 0 Å². The Balaban J connectivity index is 1.89. The number of aryl methyl sites for hydroxylation is 1. The lowest BCUT2D eigenvalue weighted by molar-refractivity contribution is -0.117. The molecule has 0 atom stereocenters. The molecular formula is C15H21BrN2O. The molecule has 1 N–H and O–H groups in total. The SMILES string of the molecule is Cc1cc(Br)ccc1NC(=O)CN(C)C1CCCC1. The number of likely N-dealkylation sites (N-methyl/N-ethyl adjacent to an activating group) is 1. The van der Waals surface area contributed by atoms with Gasteiger partial charge in [-0.3, -0.25) is 9.69 Å². The van der Waals surface area contributed by atoms with Crippen LogP contribution in [0.2, 0.25) is 0 Å². The maximum Gasteiger partial charge on any atom is 0.238 e. The lowest BCUT2D eigenvalue weighted by atomic mass is 10.2. The second kappa shape index (κ2) is 6.53. The minimum Gasteiger partial charge on any atom is -0.325 e. The molecule has 0 aromatic heterocycles. The van der Waals surface area contributed by atoms with Gasteiger partial charge in [-0.25, -0.2) is 0 Å². The summed E-state index contributed by atoms with van der Waals surface area (Å²) < 4.78 is 1.03. The Morgan fingerprint density at radius 3 is 2.74 bits per heavy atom. The summed E-state index contributed by atoms with van der Waals surface area (Å²) in [7, 11) is 2.05. The van der Waals surface area contributed by atoms with Gasteiger partial charge < -0.3 is 5.32 Å². The van der Waals surface area contributed by atoms with Crippen LogP contribution in [0.4, 0.5) is 5.69 Å². The van der Waals surface area contributed by atoms with Crippen LogP contribution in [0.5, 0.6) is 0 Å². The third kappa shape index (κ3) is 4.05. The number of hydrogen-bond donors (Lipinski definition) is 1. The highest BCUT2D eigenvalue weighted by molar-refractivity contribution is 9.10. The van der Waals surface area contributed by atoms with Crippen molar-refractivity contribution in [1.29, 1.82) is 0 Å². The molecule has 1 fully saturated rings. The summed E-state index contributed by atoms with van der Waals surface area (Å²) in [5, 5.41) is 2.99. The molecule has 0 unspecified atom stereocenters. The number of nitrogens with zero attached hydrogens (tertiary/aromatic N) is 1. The number of carbonyl (C=O) groups excluding carboxylic acids is 1. The Morgan fingerprint density at radius 2 is 2.11 bits per heavy atom. The maximum absolute atomic E-state index is 12.1. The van der Waals surface area contributed by atoms with Crippen molar-refractivity contribution in [3.63, 3.8) is 0 Å². The third-order valence-corrected chi connectivity index (χ3v) is 4.30. The first-order valence-electron chi connectivity index (χ1n) is 6.82. The molecule has 0 bridgehead atoms. The average molecular weight is 325 g/mol. The van der Waals surface area contributed by atoms with E-state index in [1.807, 2.05) is 32.2 Å². The second-order valence-electron chi connectivity index (χ2n) is 5.36. The number of carbonyl (C=O) groups is 1. The summed E-state index contributed by atoms with van der Waals surface area (Å²) in [4.78, 5) is 14.2. The molecule has 1 amide bonds. The number of nitrogens with one attached hydrogen (secondary N) is 1. The van der Waals surface area contributed by atoms with Crippen molar-refractivity contribution in [2.45, 2.75) is 38.6 Å². The van der Waals surface area contributed by atoms with Crippen LogP contribution in [0.1, 0.15) is 31.2 Å². The minimum atomic E-state index is 0.0693. The van der Waals surface area contributed by atoms with E-state index >= 15 is 0 Å². The minimum absolute atomic E-state index is 0.0693. The first-order valence-corrected chi connectivity index (χ1v) is 7.62. The van der Waals surface area contributed by atoms with Gasteiger partial charge in [0, 0.05) is 16.2 Å². The first kappa shape index (κ1) is 14.5. The van der Waals surface area contributed by atoms with Gasteiger partial charge in [-0.05, 0) is 50.6 Å². The second-order valence-corrected chi connectivity index (χ2v) is 6.28. The molecule has 1 aromatic rings. The van der Waals surface area contributed by atoms with Gasteiger partial charge in [0.05, 0.1) is 6.54 Å². The fourth-order valence-electron chi connectivity index (χ4n) is 2.66. The Bertz CT molecular complexity index is 455. The lowest BCUT2D eigenvalue weighted by Gasteiger charge is -2.23. The Labute approximate surface area is 123 Å². The topological polar surface area (TPSA) is 32.3 Å². The molecule has 1 aliphatic carbocycles. The number of benzene rings is 1. The predicted molar refractivity (Wildman–Crippen MR) is 82.4 cm³/mol. The average Bonchev–Trinajstić information content (AvgIpc) is 2.86. The smallest absolute Gasteiger partial charge is 0.238 e. The van der Waals surface area contributed by atoms with E-state index in [4.69, 9.17) is 0 Å². The summed E-state index contributed by atoms with van der Waals surface area (Å²) in [5.41, 5.74) is 1.97. The van der Waals surface area contributed by atoms with Crippen molar-refractivity contribution in [2.24, 2.45) is 0 Å². The molecular weight excluding hydrogens is 304 g/mol. The molecule has 1 saturated carbocycles. The van der Waals surface area contributed by atoms with Gasteiger partial charge in [-0.15, -0.1) is 0 Å². The Morgan fingerprint density at radius 1 is 1.42 bits per heavy atom. The Kier molecular flexibility index (Phi) is 4.99. The van der Waals surface area contributed by atoms with Crippen LogP contribution in [0, 0.1) is 6.92 Å². The molecule has 0 spiro atoms. The molecule has 0 aliphatic heterocycles. The van der Waals surface area contributed by atoms with Gasteiger partial charge >= 0.3 is 0 Å². The summed E-state index contributed by atoms with van der Waals surface area (Å²) >= 11 is 3.43. The number of halogens is 1. The molecule has 19 heavy (non-hydrogen) atoms. The van der Waals surface area contributed by atoms with Crippen molar-refractivity contribution in [1.82, 2.24) is 4.90 Å². The number of hydrogen-bond acceptors (Lipinski definition) is 2. The number of amides is 1. The van der Waals surface area contributed by atoms with Crippen molar-refractivity contribution in [3.05, 3.63) is 28.2 Å².